The predicted molar refractivity (Wildman–Crippen MR) is 108 cm³/mol. The van der Waals surface area contributed by atoms with E-state index in [1.807, 2.05) is 24.3 Å². The van der Waals surface area contributed by atoms with Gasteiger partial charge >= 0.3 is 0 Å². The Bertz CT molecular complexity index is 966. The number of pyridine rings is 1. The van der Waals surface area contributed by atoms with Gasteiger partial charge in [-0.3, -0.25) is 0 Å². The maximum absolute atomic E-state index is 4.85. The third kappa shape index (κ3) is 3.21. The molecule has 0 radical (unpaired) electrons. The van der Waals surface area contributed by atoms with E-state index in [1.165, 1.54) is 16.5 Å². The first-order chi connectivity index (χ1) is 11.3. The molecular formula is C21H15BrClN. The second kappa shape index (κ2) is 7.16. The smallest absolute Gasteiger partial charge is 0.0715 e. The van der Waals surface area contributed by atoms with E-state index in [1.54, 1.807) is 0 Å². The molecule has 118 valence electrons. The van der Waals surface area contributed by atoms with E-state index < -0.39 is 0 Å². The second-order valence-electron chi connectivity index (χ2n) is 5.45. The molecule has 3 aromatic carbocycles. The average Bonchev–Trinajstić information content (AvgIpc) is 2.62. The number of rotatable bonds is 2. The van der Waals surface area contributed by atoms with Crippen molar-refractivity contribution >= 4 is 39.2 Å². The van der Waals surface area contributed by atoms with Crippen molar-refractivity contribution < 1.29 is 0 Å². The van der Waals surface area contributed by atoms with E-state index in [0.29, 0.717) is 0 Å². The second-order valence-corrected chi connectivity index (χ2v) is 6.36. The molecular weight excluding hydrogens is 382 g/mol. The highest BCUT2D eigenvalue weighted by Gasteiger charge is 2.09. The number of hydrogen-bond donors (Lipinski definition) is 0. The van der Waals surface area contributed by atoms with Crippen LogP contribution in [0, 0.1) is 0 Å². The molecule has 0 aliphatic heterocycles. The molecule has 24 heavy (non-hydrogen) atoms. The summed E-state index contributed by atoms with van der Waals surface area (Å²) in [7, 11) is 0. The molecule has 1 heterocycles. The van der Waals surface area contributed by atoms with Gasteiger partial charge < -0.3 is 0 Å². The van der Waals surface area contributed by atoms with Gasteiger partial charge in [-0.1, -0.05) is 76.6 Å². The molecule has 1 nitrogen and oxygen atoms in total. The fraction of sp³-hybridized carbons (Fsp3) is 0. The van der Waals surface area contributed by atoms with Gasteiger partial charge in [-0.05, 0) is 35.4 Å². The largest absolute Gasteiger partial charge is 0.248 e. The SMILES string of the molecule is Brc1ccc(-c2cc(-c3ccccc3)c3ccccc3n2)cc1.Cl. The van der Waals surface area contributed by atoms with E-state index in [0.717, 1.165) is 21.2 Å². The van der Waals surface area contributed by atoms with Crippen molar-refractivity contribution in [3.05, 3.63) is 89.4 Å². The lowest BCUT2D eigenvalue weighted by Crippen LogP contribution is -1.89. The van der Waals surface area contributed by atoms with Gasteiger partial charge in [0.05, 0.1) is 11.2 Å². The predicted octanol–water partition coefficient (Wildman–Crippen LogP) is 6.75. The lowest BCUT2D eigenvalue weighted by atomic mass is 9.98. The van der Waals surface area contributed by atoms with Crippen molar-refractivity contribution in [3.8, 4) is 22.4 Å². The average molecular weight is 397 g/mol. The Morgan fingerprint density at radius 3 is 2.08 bits per heavy atom. The molecule has 4 aromatic rings. The summed E-state index contributed by atoms with van der Waals surface area (Å²) in [6, 6.07) is 29.3. The standard InChI is InChI=1S/C21H14BrN.ClH/c22-17-12-10-16(11-13-17)21-14-19(15-6-2-1-3-7-15)18-8-4-5-9-20(18)23-21;/h1-14H;1H. The molecule has 0 bridgehead atoms. The van der Waals surface area contributed by atoms with Gasteiger partial charge in [-0.15, -0.1) is 12.4 Å². The zero-order valence-corrected chi connectivity index (χ0v) is 15.2. The Kier molecular flexibility index (Phi) is 4.98. The highest BCUT2D eigenvalue weighted by atomic mass is 79.9. The number of para-hydroxylation sites is 1. The minimum absolute atomic E-state index is 0. The summed E-state index contributed by atoms with van der Waals surface area (Å²) in [6.07, 6.45) is 0. The lowest BCUT2D eigenvalue weighted by molar-refractivity contribution is 1.39. The highest BCUT2D eigenvalue weighted by molar-refractivity contribution is 9.10. The van der Waals surface area contributed by atoms with Crippen molar-refractivity contribution in [2.75, 3.05) is 0 Å². The summed E-state index contributed by atoms with van der Waals surface area (Å²) in [5.74, 6) is 0. The van der Waals surface area contributed by atoms with Gasteiger partial charge in [0.25, 0.3) is 0 Å². The molecule has 0 unspecified atom stereocenters. The van der Waals surface area contributed by atoms with Crippen LogP contribution in [-0.2, 0) is 0 Å². The third-order valence-corrected chi connectivity index (χ3v) is 4.47. The normalized spacial score (nSPS) is 10.4. The summed E-state index contributed by atoms with van der Waals surface area (Å²) in [6.45, 7) is 0. The number of fused-ring (bicyclic) bond motifs is 1. The molecule has 0 N–H and O–H groups in total. The summed E-state index contributed by atoms with van der Waals surface area (Å²) in [5, 5.41) is 1.18. The van der Waals surface area contributed by atoms with E-state index in [-0.39, 0.29) is 12.4 Å². The first-order valence-corrected chi connectivity index (χ1v) is 8.32. The van der Waals surface area contributed by atoms with Crippen molar-refractivity contribution in [2.45, 2.75) is 0 Å². The van der Waals surface area contributed by atoms with Crippen molar-refractivity contribution in [2.24, 2.45) is 0 Å². The van der Waals surface area contributed by atoms with E-state index in [9.17, 15) is 0 Å². The number of nitrogens with zero attached hydrogens (tertiary/aromatic N) is 1. The Balaban J connectivity index is 0.00000169. The molecule has 0 aliphatic carbocycles. The molecule has 0 saturated heterocycles. The van der Waals surface area contributed by atoms with Gasteiger partial charge in [-0.25, -0.2) is 4.98 Å². The monoisotopic (exact) mass is 395 g/mol. The maximum Gasteiger partial charge on any atom is 0.0715 e. The first kappa shape index (κ1) is 16.7. The fourth-order valence-corrected chi connectivity index (χ4v) is 3.06. The van der Waals surface area contributed by atoms with Crippen LogP contribution in [0.1, 0.15) is 0 Å². The van der Waals surface area contributed by atoms with Crippen LogP contribution in [0.25, 0.3) is 33.3 Å². The van der Waals surface area contributed by atoms with E-state index >= 15 is 0 Å². The van der Waals surface area contributed by atoms with E-state index in [2.05, 4.69) is 76.6 Å². The van der Waals surface area contributed by atoms with Crippen LogP contribution in [0.4, 0.5) is 0 Å². The first-order valence-electron chi connectivity index (χ1n) is 7.52. The van der Waals surface area contributed by atoms with Crippen LogP contribution < -0.4 is 0 Å². The van der Waals surface area contributed by atoms with Crippen LogP contribution >= 0.6 is 28.3 Å². The summed E-state index contributed by atoms with van der Waals surface area (Å²) in [4.78, 5) is 4.85. The minimum Gasteiger partial charge on any atom is -0.248 e. The Labute approximate surface area is 155 Å². The van der Waals surface area contributed by atoms with Crippen LogP contribution in [0.15, 0.2) is 89.4 Å². The number of aromatic nitrogens is 1. The molecule has 0 spiro atoms. The highest BCUT2D eigenvalue weighted by Crippen LogP contribution is 2.32. The van der Waals surface area contributed by atoms with Gasteiger partial charge in [0.2, 0.25) is 0 Å². The van der Waals surface area contributed by atoms with Gasteiger partial charge in [0.1, 0.15) is 0 Å². The lowest BCUT2D eigenvalue weighted by Gasteiger charge is -2.10. The fourth-order valence-electron chi connectivity index (χ4n) is 2.80. The van der Waals surface area contributed by atoms with Crippen molar-refractivity contribution in [1.82, 2.24) is 4.98 Å². The number of benzene rings is 3. The van der Waals surface area contributed by atoms with Crippen LogP contribution in [0.3, 0.4) is 0 Å². The molecule has 3 heteroatoms. The zero-order chi connectivity index (χ0) is 15.6. The molecule has 0 aliphatic rings. The summed E-state index contributed by atoms with van der Waals surface area (Å²) in [5.41, 5.74) is 5.57. The van der Waals surface area contributed by atoms with Crippen LogP contribution in [0.2, 0.25) is 0 Å². The van der Waals surface area contributed by atoms with Crippen molar-refractivity contribution in [3.63, 3.8) is 0 Å². The summed E-state index contributed by atoms with van der Waals surface area (Å²) < 4.78 is 1.07. The van der Waals surface area contributed by atoms with Crippen LogP contribution in [0.5, 0.6) is 0 Å². The Morgan fingerprint density at radius 2 is 1.33 bits per heavy atom. The van der Waals surface area contributed by atoms with Gasteiger partial charge in [-0.2, -0.15) is 0 Å². The maximum atomic E-state index is 4.85. The van der Waals surface area contributed by atoms with E-state index in [4.69, 9.17) is 4.98 Å². The van der Waals surface area contributed by atoms with Crippen LogP contribution in [-0.4, -0.2) is 4.98 Å². The summed E-state index contributed by atoms with van der Waals surface area (Å²) >= 11 is 3.49. The Hall–Kier alpha value is -2.16. The molecule has 0 amide bonds. The topological polar surface area (TPSA) is 12.9 Å². The molecule has 0 atom stereocenters. The molecule has 4 rings (SSSR count). The van der Waals surface area contributed by atoms with Crippen molar-refractivity contribution in [1.29, 1.82) is 0 Å². The molecule has 1 aromatic heterocycles. The third-order valence-electron chi connectivity index (χ3n) is 3.94. The van der Waals surface area contributed by atoms with Gasteiger partial charge in [0, 0.05) is 15.4 Å². The number of halogens is 2. The molecule has 0 fully saturated rings. The number of hydrogen-bond acceptors (Lipinski definition) is 1. The molecule has 0 saturated carbocycles. The minimum atomic E-state index is 0. The quantitative estimate of drug-likeness (QED) is 0.365. The Morgan fingerprint density at radius 1 is 0.667 bits per heavy atom. The van der Waals surface area contributed by atoms with Gasteiger partial charge in [0.15, 0.2) is 0 Å². The zero-order valence-electron chi connectivity index (χ0n) is 12.8.